The van der Waals surface area contributed by atoms with Gasteiger partial charge in [-0.3, -0.25) is 4.79 Å². The van der Waals surface area contributed by atoms with Crippen molar-refractivity contribution in [3.8, 4) is 0 Å². The second-order valence-electron chi connectivity index (χ2n) is 3.99. The maximum Gasteiger partial charge on any atom is 0.245 e. The zero-order valence-corrected chi connectivity index (χ0v) is 8.98. The number of carbonyl (C=O) groups is 1. The molecule has 0 fully saturated rings. The van der Waals surface area contributed by atoms with Gasteiger partial charge in [0.05, 0.1) is 0 Å². The highest BCUT2D eigenvalue weighted by Crippen LogP contribution is 2.32. The van der Waals surface area contributed by atoms with Crippen molar-refractivity contribution in [1.82, 2.24) is 0 Å². The molecule has 0 saturated heterocycles. The van der Waals surface area contributed by atoms with Crippen LogP contribution in [0.15, 0.2) is 18.2 Å². The van der Waals surface area contributed by atoms with Gasteiger partial charge in [0.25, 0.3) is 0 Å². The van der Waals surface area contributed by atoms with Crippen molar-refractivity contribution in [3.63, 3.8) is 0 Å². The van der Waals surface area contributed by atoms with Gasteiger partial charge in [-0.05, 0) is 25.5 Å². The van der Waals surface area contributed by atoms with Gasteiger partial charge in [0, 0.05) is 12.1 Å². The quantitative estimate of drug-likeness (QED) is 0.654. The minimum absolute atomic E-state index is 0.115. The normalized spacial score (nSPS) is 25.5. The Labute approximate surface area is 88.3 Å². The summed E-state index contributed by atoms with van der Waals surface area (Å²) in [5.41, 5.74) is 3.19. The topological polar surface area (TPSA) is 29.1 Å². The number of aryl methyl sites for hydroxylation is 1. The molecule has 1 unspecified atom stereocenters. The Morgan fingerprint density at radius 1 is 1.50 bits per heavy atom. The molecule has 1 aliphatic heterocycles. The van der Waals surface area contributed by atoms with Crippen LogP contribution in [0.1, 0.15) is 18.1 Å². The van der Waals surface area contributed by atoms with Gasteiger partial charge in [-0.25, -0.2) is 0 Å². The zero-order valence-electron chi connectivity index (χ0n) is 8.23. The Morgan fingerprint density at radius 3 is 2.93 bits per heavy atom. The third kappa shape index (κ3) is 1.50. The van der Waals surface area contributed by atoms with Crippen molar-refractivity contribution in [2.24, 2.45) is 0 Å². The molecule has 1 heterocycles. The number of nitrogens with one attached hydrogen (secondary N) is 1. The lowest BCUT2D eigenvalue weighted by Crippen LogP contribution is -2.40. The Hall–Kier alpha value is -1.02. The molecule has 1 amide bonds. The summed E-state index contributed by atoms with van der Waals surface area (Å²) in [7, 11) is 0. The van der Waals surface area contributed by atoms with Gasteiger partial charge in [-0.15, -0.1) is 11.6 Å². The van der Waals surface area contributed by atoms with E-state index in [0.717, 1.165) is 11.3 Å². The van der Waals surface area contributed by atoms with E-state index in [4.69, 9.17) is 11.6 Å². The van der Waals surface area contributed by atoms with Crippen LogP contribution in [0.5, 0.6) is 0 Å². The van der Waals surface area contributed by atoms with Crippen LogP contribution in [0, 0.1) is 6.92 Å². The molecule has 0 aliphatic carbocycles. The summed E-state index contributed by atoms with van der Waals surface area (Å²) in [4.78, 5) is 10.7. The van der Waals surface area contributed by atoms with Gasteiger partial charge in [0.1, 0.15) is 4.87 Å². The summed E-state index contributed by atoms with van der Waals surface area (Å²) in [6.07, 6.45) is 0.595. The summed E-state index contributed by atoms with van der Waals surface area (Å²) in [6, 6.07) is 5.97. The second kappa shape index (κ2) is 2.99. The van der Waals surface area contributed by atoms with Gasteiger partial charge in [0.2, 0.25) is 5.91 Å². The van der Waals surface area contributed by atoms with Gasteiger partial charge in [0.15, 0.2) is 0 Å². The number of amides is 1. The molecule has 74 valence electrons. The lowest BCUT2D eigenvalue weighted by Gasteiger charge is -2.28. The number of halogens is 1. The summed E-state index contributed by atoms with van der Waals surface area (Å²) in [5, 5.41) is 2.81. The van der Waals surface area contributed by atoms with Gasteiger partial charge >= 0.3 is 0 Å². The fourth-order valence-electron chi connectivity index (χ4n) is 1.68. The molecule has 2 nitrogen and oxygen atoms in total. The first-order chi connectivity index (χ1) is 6.49. The number of hydrogen-bond acceptors (Lipinski definition) is 1. The SMILES string of the molecule is Cc1ccc2c(c1)CC(C)(Cl)C(=O)N2. The van der Waals surface area contributed by atoms with Crippen LogP contribution in [0.25, 0.3) is 0 Å². The molecule has 0 saturated carbocycles. The van der Waals surface area contributed by atoms with Gasteiger partial charge in [-0.1, -0.05) is 17.7 Å². The van der Waals surface area contributed by atoms with Crippen molar-refractivity contribution < 1.29 is 4.79 Å². The molecular weight excluding hydrogens is 198 g/mol. The highest BCUT2D eigenvalue weighted by atomic mass is 35.5. The molecule has 14 heavy (non-hydrogen) atoms. The number of rotatable bonds is 0. The average Bonchev–Trinajstić information content (AvgIpc) is 2.07. The Balaban J connectivity index is 2.46. The highest BCUT2D eigenvalue weighted by molar-refractivity contribution is 6.37. The third-order valence-corrected chi connectivity index (χ3v) is 2.81. The second-order valence-corrected chi connectivity index (χ2v) is 4.82. The maximum absolute atomic E-state index is 11.5. The summed E-state index contributed by atoms with van der Waals surface area (Å²) >= 11 is 6.09. The third-order valence-electron chi connectivity index (χ3n) is 2.50. The van der Waals surface area contributed by atoms with Crippen LogP contribution >= 0.6 is 11.6 Å². The number of fused-ring (bicyclic) bond motifs is 1. The molecule has 1 atom stereocenters. The predicted octanol–water partition coefficient (Wildman–Crippen LogP) is 2.49. The first-order valence-electron chi connectivity index (χ1n) is 4.59. The molecule has 1 aromatic carbocycles. The molecule has 0 aromatic heterocycles. The molecule has 1 aliphatic rings. The molecule has 0 bridgehead atoms. The van der Waals surface area contributed by atoms with E-state index in [9.17, 15) is 4.79 Å². The molecule has 2 rings (SSSR count). The molecule has 3 heteroatoms. The predicted molar refractivity (Wildman–Crippen MR) is 57.8 cm³/mol. The van der Waals surface area contributed by atoms with Crippen molar-refractivity contribution >= 4 is 23.2 Å². The summed E-state index contributed by atoms with van der Waals surface area (Å²) in [5.74, 6) is -0.115. The monoisotopic (exact) mass is 209 g/mol. The number of hydrogen-bond donors (Lipinski definition) is 1. The van der Waals surface area contributed by atoms with E-state index in [1.54, 1.807) is 6.92 Å². The number of carbonyl (C=O) groups excluding carboxylic acids is 1. The lowest BCUT2D eigenvalue weighted by molar-refractivity contribution is -0.118. The molecular formula is C11H12ClNO. The smallest absolute Gasteiger partial charge is 0.245 e. The Bertz CT molecular complexity index is 398. The van der Waals surface area contributed by atoms with Gasteiger partial charge in [-0.2, -0.15) is 0 Å². The summed E-state index contributed by atoms with van der Waals surface area (Å²) < 4.78 is 0. The average molecular weight is 210 g/mol. The van der Waals surface area contributed by atoms with Crippen molar-refractivity contribution in [3.05, 3.63) is 29.3 Å². The molecule has 0 radical (unpaired) electrons. The molecule has 0 spiro atoms. The lowest BCUT2D eigenvalue weighted by atomic mass is 9.93. The van der Waals surface area contributed by atoms with E-state index in [0.29, 0.717) is 6.42 Å². The van der Waals surface area contributed by atoms with Crippen molar-refractivity contribution in [2.45, 2.75) is 25.1 Å². The first-order valence-corrected chi connectivity index (χ1v) is 4.97. The van der Waals surface area contributed by atoms with Crippen LogP contribution in [-0.4, -0.2) is 10.8 Å². The maximum atomic E-state index is 11.5. The van der Waals surface area contributed by atoms with Crippen LogP contribution in [0.2, 0.25) is 0 Å². The van der Waals surface area contributed by atoms with Gasteiger partial charge < -0.3 is 5.32 Å². The fraction of sp³-hybridized carbons (Fsp3) is 0.364. The van der Waals surface area contributed by atoms with E-state index < -0.39 is 4.87 Å². The fourth-order valence-corrected chi connectivity index (χ4v) is 1.87. The van der Waals surface area contributed by atoms with E-state index in [1.165, 1.54) is 5.56 Å². The molecule has 1 aromatic rings. The highest BCUT2D eigenvalue weighted by Gasteiger charge is 2.35. The number of anilines is 1. The zero-order chi connectivity index (χ0) is 10.3. The first kappa shape index (κ1) is 9.53. The number of alkyl halides is 1. The molecule has 1 N–H and O–H groups in total. The van der Waals surface area contributed by atoms with Crippen molar-refractivity contribution in [1.29, 1.82) is 0 Å². The standard InChI is InChI=1S/C11H12ClNO/c1-7-3-4-9-8(5-7)6-11(2,12)10(14)13-9/h3-5H,6H2,1-2H3,(H,13,14). The van der Waals surface area contributed by atoms with E-state index in [-0.39, 0.29) is 5.91 Å². The van der Waals surface area contributed by atoms with Crippen LogP contribution in [-0.2, 0) is 11.2 Å². The number of benzene rings is 1. The van der Waals surface area contributed by atoms with E-state index in [2.05, 4.69) is 11.4 Å². The van der Waals surface area contributed by atoms with E-state index in [1.807, 2.05) is 19.1 Å². The Kier molecular flexibility index (Phi) is 2.04. The van der Waals surface area contributed by atoms with Crippen molar-refractivity contribution in [2.75, 3.05) is 5.32 Å². The minimum Gasteiger partial charge on any atom is -0.324 e. The van der Waals surface area contributed by atoms with Crippen LogP contribution in [0.4, 0.5) is 5.69 Å². The van der Waals surface area contributed by atoms with Crippen LogP contribution < -0.4 is 5.32 Å². The minimum atomic E-state index is -0.805. The Morgan fingerprint density at radius 2 is 2.21 bits per heavy atom. The summed E-state index contributed by atoms with van der Waals surface area (Å²) in [6.45, 7) is 3.78. The van der Waals surface area contributed by atoms with Crippen LogP contribution in [0.3, 0.4) is 0 Å². The van der Waals surface area contributed by atoms with E-state index >= 15 is 0 Å². The largest absolute Gasteiger partial charge is 0.324 e.